The van der Waals surface area contributed by atoms with Crippen LogP contribution in [0.25, 0.3) is 21.7 Å². The summed E-state index contributed by atoms with van der Waals surface area (Å²) in [5.74, 6) is 0.257. The summed E-state index contributed by atoms with van der Waals surface area (Å²) in [5.41, 5.74) is 3.01. The second-order valence-corrected chi connectivity index (χ2v) is 7.96. The molecule has 1 aromatic heterocycles. The van der Waals surface area contributed by atoms with Crippen molar-refractivity contribution in [2.24, 2.45) is 5.92 Å². The van der Waals surface area contributed by atoms with Crippen LogP contribution in [0.3, 0.4) is 0 Å². The average molecular weight is 383 g/mol. The summed E-state index contributed by atoms with van der Waals surface area (Å²) in [5, 5.41) is 6.96. The maximum absolute atomic E-state index is 12.9. The predicted molar refractivity (Wildman–Crippen MR) is 114 cm³/mol. The predicted octanol–water partition coefficient (Wildman–Crippen LogP) is 5.58. The van der Waals surface area contributed by atoms with Crippen molar-refractivity contribution in [3.63, 3.8) is 0 Å². The van der Waals surface area contributed by atoms with Gasteiger partial charge in [0.05, 0.1) is 12.1 Å². The largest absolute Gasteiger partial charge is 0.421 e. The molecule has 0 amide bonds. The zero-order chi connectivity index (χ0) is 19.4. The van der Waals surface area contributed by atoms with Gasteiger partial charge < -0.3 is 14.5 Å². The van der Waals surface area contributed by atoms with Crippen LogP contribution in [0.5, 0.6) is 0 Å². The molecule has 4 nitrogen and oxygen atoms in total. The molecule has 0 bridgehead atoms. The molecule has 3 atom stereocenters. The first-order chi connectivity index (χ1) is 14.3. The summed E-state index contributed by atoms with van der Waals surface area (Å²) in [7, 11) is 0. The van der Waals surface area contributed by atoms with Gasteiger partial charge in [0.25, 0.3) is 0 Å². The lowest BCUT2D eigenvalue weighted by molar-refractivity contribution is -0.0374. The number of hydrogen-bond acceptors (Lipinski definition) is 4. The molecule has 0 spiro atoms. The summed E-state index contributed by atoms with van der Waals surface area (Å²) < 4.78 is 12.0. The standard InChI is InChI=1S/C25H21NO3/c27-25-23-21(18-10-3-4-13-20(18)29-25)24-19(12-6-14-28-24)22(26-23)17-11-5-8-15-7-1-2-9-16(15)17/h1-5,7-11,13,19,22,24,26H,6,12,14H2/t19-,22+,24-/m0/s1. The van der Waals surface area contributed by atoms with Crippen molar-refractivity contribution in [1.29, 1.82) is 0 Å². The fraction of sp³-hybridized carbons (Fsp3) is 0.240. The van der Waals surface area contributed by atoms with E-state index < -0.39 is 0 Å². The maximum atomic E-state index is 12.9. The lowest BCUT2D eigenvalue weighted by Gasteiger charge is -2.43. The Balaban J connectivity index is 1.60. The monoisotopic (exact) mass is 383 g/mol. The van der Waals surface area contributed by atoms with Crippen molar-refractivity contribution in [3.8, 4) is 0 Å². The molecule has 0 saturated carbocycles. The van der Waals surface area contributed by atoms with E-state index >= 15 is 0 Å². The quantitative estimate of drug-likeness (QED) is 0.436. The lowest BCUT2D eigenvalue weighted by Crippen LogP contribution is -2.38. The van der Waals surface area contributed by atoms with E-state index in [1.807, 2.05) is 24.3 Å². The summed E-state index contributed by atoms with van der Waals surface area (Å²) in [6.45, 7) is 0.720. The van der Waals surface area contributed by atoms with Crippen LogP contribution >= 0.6 is 0 Å². The average Bonchev–Trinajstić information content (AvgIpc) is 2.78. The molecule has 1 N–H and O–H groups in total. The van der Waals surface area contributed by atoms with Crippen LogP contribution in [0.4, 0.5) is 5.69 Å². The Bertz CT molecular complexity index is 1290. The van der Waals surface area contributed by atoms with E-state index in [-0.39, 0.29) is 23.7 Å². The summed E-state index contributed by atoms with van der Waals surface area (Å²) in [6, 6.07) is 22.6. The summed E-state index contributed by atoms with van der Waals surface area (Å²) in [6.07, 6.45) is 1.97. The highest BCUT2D eigenvalue weighted by atomic mass is 16.5. The van der Waals surface area contributed by atoms with Crippen LogP contribution < -0.4 is 10.9 Å². The normalized spacial score (nSPS) is 23.4. The molecular formula is C25H21NO3. The number of ether oxygens (including phenoxy) is 1. The van der Waals surface area contributed by atoms with Crippen LogP contribution in [-0.2, 0) is 4.74 Å². The molecule has 0 unspecified atom stereocenters. The molecule has 2 aliphatic heterocycles. The van der Waals surface area contributed by atoms with Gasteiger partial charge in [0.2, 0.25) is 0 Å². The van der Waals surface area contributed by atoms with E-state index in [4.69, 9.17) is 9.15 Å². The van der Waals surface area contributed by atoms with E-state index in [1.165, 1.54) is 16.3 Å². The van der Waals surface area contributed by atoms with E-state index in [1.54, 1.807) is 0 Å². The first kappa shape index (κ1) is 16.8. The molecule has 2 aliphatic rings. The molecule has 3 aromatic carbocycles. The number of benzene rings is 3. The first-order valence-electron chi connectivity index (χ1n) is 10.2. The van der Waals surface area contributed by atoms with Crippen molar-refractivity contribution >= 4 is 27.4 Å². The van der Waals surface area contributed by atoms with Crippen molar-refractivity contribution < 1.29 is 9.15 Å². The van der Waals surface area contributed by atoms with E-state index in [0.29, 0.717) is 11.3 Å². The molecule has 0 aliphatic carbocycles. The Labute approximate surface area is 168 Å². The highest BCUT2D eigenvalue weighted by Gasteiger charge is 2.42. The summed E-state index contributed by atoms with van der Waals surface area (Å²) in [4.78, 5) is 12.9. The Morgan fingerprint density at radius 1 is 0.897 bits per heavy atom. The molecular weight excluding hydrogens is 362 g/mol. The van der Waals surface area contributed by atoms with Gasteiger partial charge in [0.15, 0.2) is 0 Å². The number of fused-ring (bicyclic) bond motifs is 6. The number of para-hydroxylation sites is 1. The zero-order valence-corrected chi connectivity index (χ0v) is 15.9. The van der Waals surface area contributed by atoms with Crippen LogP contribution in [0.2, 0.25) is 0 Å². The van der Waals surface area contributed by atoms with Crippen molar-refractivity contribution in [3.05, 3.63) is 88.3 Å². The smallest absolute Gasteiger partial charge is 0.360 e. The highest BCUT2D eigenvalue weighted by Crippen LogP contribution is 2.50. The Morgan fingerprint density at radius 3 is 2.62 bits per heavy atom. The maximum Gasteiger partial charge on any atom is 0.360 e. The SMILES string of the molecule is O=c1oc2ccccc2c2c1N[C@H](c1cccc3ccccc13)[C@@H]1CCCO[C@H]21. The molecule has 4 aromatic rings. The lowest BCUT2D eigenvalue weighted by atomic mass is 9.76. The molecule has 6 rings (SSSR count). The first-order valence-corrected chi connectivity index (χ1v) is 10.2. The van der Waals surface area contributed by atoms with Gasteiger partial charge in [-0.3, -0.25) is 0 Å². The van der Waals surface area contributed by atoms with Gasteiger partial charge in [-0.15, -0.1) is 0 Å². The fourth-order valence-corrected chi connectivity index (χ4v) is 5.14. The van der Waals surface area contributed by atoms with Gasteiger partial charge in [-0.25, -0.2) is 4.79 Å². The minimum Gasteiger partial charge on any atom is -0.421 e. The highest BCUT2D eigenvalue weighted by molar-refractivity contribution is 5.88. The van der Waals surface area contributed by atoms with E-state index in [2.05, 4.69) is 47.8 Å². The molecule has 1 saturated heterocycles. The van der Waals surface area contributed by atoms with E-state index in [9.17, 15) is 4.79 Å². The number of anilines is 1. The molecule has 1 fully saturated rings. The fourth-order valence-electron chi connectivity index (χ4n) is 5.14. The molecule has 3 heterocycles. The Hall–Kier alpha value is -3.11. The Morgan fingerprint density at radius 2 is 1.69 bits per heavy atom. The zero-order valence-electron chi connectivity index (χ0n) is 15.9. The number of hydrogen-bond donors (Lipinski definition) is 1. The molecule has 144 valence electrons. The van der Waals surface area contributed by atoms with Gasteiger partial charge in [0, 0.05) is 23.5 Å². The van der Waals surface area contributed by atoms with Crippen LogP contribution in [0, 0.1) is 5.92 Å². The van der Waals surface area contributed by atoms with Crippen LogP contribution in [-0.4, -0.2) is 6.61 Å². The van der Waals surface area contributed by atoms with Crippen molar-refractivity contribution in [1.82, 2.24) is 0 Å². The number of rotatable bonds is 1. The topological polar surface area (TPSA) is 51.5 Å². The van der Waals surface area contributed by atoms with E-state index in [0.717, 1.165) is 30.4 Å². The Kier molecular flexibility index (Phi) is 3.74. The minimum atomic E-state index is -0.323. The van der Waals surface area contributed by atoms with Gasteiger partial charge in [-0.1, -0.05) is 60.7 Å². The number of nitrogens with one attached hydrogen (secondary N) is 1. The van der Waals surface area contributed by atoms with Gasteiger partial charge in [-0.05, 0) is 35.2 Å². The van der Waals surface area contributed by atoms with Gasteiger partial charge >= 0.3 is 5.63 Å². The third kappa shape index (κ3) is 2.52. The second-order valence-electron chi connectivity index (χ2n) is 7.96. The second kappa shape index (κ2) is 6.46. The van der Waals surface area contributed by atoms with Crippen LogP contribution in [0.15, 0.2) is 75.9 Å². The van der Waals surface area contributed by atoms with Crippen molar-refractivity contribution in [2.45, 2.75) is 25.0 Å². The van der Waals surface area contributed by atoms with Crippen LogP contribution in [0.1, 0.15) is 36.1 Å². The minimum absolute atomic E-state index is 0.00274. The molecule has 4 heteroatoms. The molecule has 29 heavy (non-hydrogen) atoms. The van der Waals surface area contributed by atoms with Gasteiger partial charge in [0.1, 0.15) is 11.3 Å². The van der Waals surface area contributed by atoms with Crippen molar-refractivity contribution in [2.75, 3.05) is 11.9 Å². The third-order valence-electron chi connectivity index (χ3n) is 6.39. The summed E-state index contributed by atoms with van der Waals surface area (Å²) >= 11 is 0. The van der Waals surface area contributed by atoms with Gasteiger partial charge in [-0.2, -0.15) is 0 Å². The third-order valence-corrected chi connectivity index (χ3v) is 6.39. The molecule has 0 radical (unpaired) electrons.